The Bertz CT molecular complexity index is 599. The lowest BCUT2D eigenvalue weighted by Gasteiger charge is -2.42. The first-order valence-electron chi connectivity index (χ1n) is 6.82. The van der Waals surface area contributed by atoms with Crippen molar-refractivity contribution >= 4 is 21.6 Å². The Kier molecular flexibility index (Phi) is 3.79. The molecule has 0 aromatic carbocycles. The molecule has 112 valence electrons. The van der Waals surface area contributed by atoms with Gasteiger partial charge >= 0.3 is 0 Å². The zero-order chi connectivity index (χ0) is 14.3. The second kappa shape index (κ2) is 5.29. The van der Waals surface area contributed by atoms with Gasteiger partial charge in [-0.25, -0.2) is 13.4 Å². The number of halogens is 1. The van der Waals surface area contributed by atoms with E-state index in [0.29, 0.717) is 13.2 Å². The van der Waals surface area contributed by atoms with Gasteiger partial charge in [0.2, 0.25) is 5.03 Å². The van der Waals surface area contributed by atoms with Crippen LogP contribution >= 0.6 is 11.6 Å². The summed E-state index contributed by atoms with van der Waals surface area (Å²) < 4.78 is 34.3. The number of ether oxygens (including phenoxy) is 1. The van der Waals surface area contributed by atoms with Crippen LogP contribution in [-0.4, -0.2) is 47.6 Å². The Balaban J connectivity index is 1.95. The van der Waals surface area contributed by atoms with Gasteiger partial charge in [0, 0.05) is 13.6 Å². The third-order valence-corrected chi connectivity index (χ3v) is 6.48. The Hall–Kier alpha value is -0.630. The number of fused-ring (bicyclic) bond motifs is 1. The number of imidazole rings is 1. The molecule has 1 aromatic rings. The van der Waals surface area contributed by atoms with E-state index in [1.807, 2.05) is 0 Å². The number of rotatable bonds is 2. The van der Waals surface area contributed by atoms with Crippen molar-refractivity contribution in [3.8, 4) is 0 Å². The number of sulfonamides is 1. The normalized spacial score (nSPS) is 28.3. The second-order valence-electron chi connectivity index (χ2n) is 5.33. The minimum Gasteiger partial charge on any atom is -0.375 e. The van der Waals surface area contributed by atoms with Crippen LogP contribution in [0.3, 0.4) is 0 Å². The smallest absolute Gasteiger partial charge is 0.264 e. The van der Waals surface area contributed by atoms with E-state index in [-0.39, 0.29) is 22.3 Å². The maximum atomic E-state index is 12.8. The molecule has 0 N–H and O–H groups in total. The molecule has 3 rings (SSSR count). The van der Waals surface area contributed by atoms with Crippen LogP contribution in [0.15, 0.2) is 11.4 Å². The van der Waals surface area contributed by atoms with Crippen LogP contribution in [0.1, 0.15) is 25.7 Å². The molecule has 1 aliphatic carbocycles. The monoisotopic (exact) mass is 319 g/mol. The highest BCUT2D eigenvalue weighted by molar-refractivity contribution is 7.89. The topological polar surface area (TPSA) is 64.4 Å². The van der Waals surface area contributed by atoms with Crippen LogP contribution in [0.25, 0.3) is 0 Å². The molecule has 0 amide bonds. The summed E-state index contributed by atoms with van der Waals surface area (Å²) in [6, 6.07) is -0.0828. The zero-order valence-corrected chi connectivity index (χ0v) is 12.9. The highest BCUT2D eigenvalue weighted by atomic mass is 35.5. The predicted molar refractivity (Wildman–Crippen MR) is 74.1 cm³/mol. The molecule has 8 heteroatoms. The maximum Gasteiger partial charge on any atom is 0.264 e. The van der Waals surface area contributed by atoms with Gasteiger partial charge < -0.3 is 9.30 Å². The van der Waals surface area contributed by atoms with Gasteiger partial charge in [0.25, 0.3) is 10.0 Å². The Morgan fingerprint density at radius 3 is 2.85 bits per heavy atom. The lowest BCUT2D eigenvalue weighted by Crippen LogP contribution is -2.54. The molecule has 0 unspecified atom stereocenters. The first-order chi connectivity index (χ1) is 9.51. The van der Waals surface area contributed by atoms with E-state index in [9.17, 15) is 8.42 Å². The molecule has 2 heterocycles. The summed E-state index contributed by atoms with van der Waals surface area (Å²) in [5.74, 6) is 0. The molecule has 2 aliphatic rings. The van der Waals surface area contributed by atoms with Crippen molar-refractivity contribution in [1.29, 1.82) is 0 Å². The highest BCUT2D eigenvalue weighted by Gasteiger charge is 2.42. The SMILES string of the molecule is Cn1cnc(S(=O)(=O)N2CCO[C@H]3CCCC[C@H]32)c1Cl. The summed E-state index contributed by atoms with van der Waals surface area (Å²) >= 11 is 6.05. The third-order valence-electron chi connectivity index (χ3n) is 4.07. The molecule has 2 fully saturated rings. The fraction of sp³-hybridized carbons (Fsp3) is 0.750. The molecule has 1 saturated heterocycles. The molecule has 0 bridgehead atoms. The van der Waals surface area contributed by atoms with E-state index in [1.165, 1.54) is 15.2 Å². The zero-order valence-electron chi connectivity index (χ0n) is 11.3. The molecule has 20 heavy (non-hydrogen) atoms. The Labute approximate surface area is 123 Å². The third kappa shape index (κ3) is 2.26. The summed E-state index contributed by atoms with van der Waals surface area (Å²) in [4.78, 5) is 3.96. The number of nitrogens with zero attached hydrogens (tertiary/aromatic N) is 3. The maximum absolute atomic E-state index is 12.8. The highest BCUT2D eigenvalue weighted by Crippen LogP contribution is 2.33. The van der Waals surface area contributed by atoms with Crippen molar-refractivity contribution in [3.63, 3.8) is 0 Å². The van der Waals surface area contributed by atoms with E-state index >= 15 is 0 Å². The predicted octanol–water partition coefficient (Wildman–Crippen LogP) is 1.41. The van der Waals surface area contributed by atoms with Crippen LogP contribution in [-0.2, 0) is 21.8 Å². The number of hydrogen-bond acceptors (Lipinski definition) is 4. The summed E-state index contributed by atoms with van der Waals surface area (Å²) in [5, 5.41) is 0.108. The fourth-order valence-corrected chi connectivity index (χ4v) is 5.09. The largest absolute Gasteiger partial charge is 0.375 e. The molecule has 2 atom stereocenters. The van der Waals surface area contributed by atoms with Gasteiger partial charge in [0.05, 0.1) is 25.1 Å². The van der Waals surface area contributed by atoms with Gasteiger partial charge in [-0.15, -0.1) is 0 Å². The van der Waals surface area contributed by atoms with Gasteiger partial charge in [-0.1, -0.05) is 24.4 Å². The van der Waals surface area contributed by atoms with Crippen molar-refractivity contribution < 1.29 is 13.2 Å². The molecule has 6 nitrogen and oxygen atoms in total. The van der Waals surface area contributed by atoms with E-state index in [1.54, 1.807) is 7.05 Å². The molecule has 1 saturated carbocycles. The van der Waals surface area contributed by atoms with Crippen molar-refractivity contribution in [2.75, 3.05) is 13.2 Å². The van der Waals surface area contributed by atoms with Gasteiger partial charge in [-0.05, 0) is 12.8 Å². The Morgan fingerprint density at radius 1 is 1.40 bits per heavy atom. The van der Waals surface area contributed by atoms with Gasteiger partial charge in [0.1, 0.15) is 5.15 Å². The van der Waals surface area contributed by atoms with Crippen molar-refractivity contribution in [1.82, 2.24) is 13.9 Å². The first kappa shape index (κ1) is 14.3. The van der Waals surface area contributed by atoms with Crippen LogP contribution in [0.2, 0.25) is 5.15 Å². The lowest BCUT2D eigenvalue weighted by molar-refractivity contribution is -0.0586. The molecule has 0 spiro atoms. The fourth-order valence-electron chi connectivity index (χ4n) is 3.04. The van der Waals surface area contributed by atoms with Crippen molar-refractivity contribution in [2.45, 2.75) is 42.9 Å². The van der Waals surface area contributed by atoms with Gasteiger partial charge in [0.15, 0.2) is 0 Å². The molecular weight excluding hydrogens is 302 g/mol. The minimum atomic E-state index is -3.65. The van der Waals surface area contributed by atoms with Gasteiger partial charge in [-0.2, -0.15) is 4.31 Å². The molecule has 0 radical (unpaired) electrons. The van der Waals surface area contributed by atoms with Crippen LogP contribution < -0.4 is 0 Å². The van der Waals surface area contributed by atoms with E-state index in [2.05, 4.69) is 4.98 Å². The van der Waals surface area contributed by atoms with Crippen LogP contribution in [0.4, 0.5) is 0 Å². The summed E-state index contributed by atoms with van der Waals surface area (Å²) in [7, 11) is -1.98. The Morgan fingerprint density at radius 2 is 2.15 bits per heavy atom. The second-order valence-corrected chi connectivity index (χ2v) is 7.49. The first-order valence-corrected chi connectivity index (χ1v) is 8.64. The molecule has 1 aliphatic heterocycles. The minimum absolute atomic E-state index is 0.00904. The average Bonchev–Trinajstić information content (AvgIpc) is 2.79. The van der Waals surface area contributed by atoms with Crippen molar-refractivity contribution in [3.05, 3.63) is 11.5 Å². The van der Waals surface area contributed by atoms with Crippen LogP contribution in [0.5, 0.6) is 0 Å². The summed E-state index contributed by atoms with van der Waals surface area (Å²) in [6.45, 7) is 0.807. The van der Waals surface area contributed by atoms with Gasteiger partial charge in [-0.3, -0.25) is 0 Å². The van der Waals surface area contributed by atoms with E-state index in [0.717, 1.165) is 25.7 Å². The van der Waals surface area contributed by atoms with Crippen molar-refractivity contribution in [2.24, 2.45) is 7.05 Å². The van der Waals surface area contributed by atoms with E-state index in [4.69, 9.17) is 16.3 Å². The summed E-state index contributed by atoms with van der Waals surface area (Å²) in [6.07, 6.45) is 5.33. The number of morpholine rings is 1. The summed E-state index contributed by atoms with van der Waals surface area (Å²) in [5.41, 5.74) is 0. The number of hydrogen-bond donors (Lipinski definition) is 0. The lowest BCUT2D eigenvalue weighted by atomic mass is 9.91. The van der Waals surface area contributed by atoms with Crippen LogP contribution in [0, 0.1) is 0 Å². The molecule has 1 aromatic heterocycles. The average molecular weight is 320 g/mol. The number of aromatic nitrogens is 2. The number of aryl methyl sites for hydroxylation is 1. The standard InChI is InChI=1S/C12H18ClN3O3S/c1-15-8-14-12(11(15)13)20(17,18)16-6-7-19-10-5-3-2-4-9(10)16/h8-10H,2-7H2,1H3/t9-,10+/m1/s1. The molecular formula is C12H18ClN3O3S. The van der Waals surface area contributed by atoms with E-state index < -0.39 is 10.0 Å². The quantitative estimate of drug-likeness (QED) is 0.826.